The number of ether oxygens (including phenoxy) is 11. The number of Topliss-reactive ketones (excluding diaryl/α,β-unsaturated/α-hetero) is 2. The fraction of sp³-hybridized carbons (Fsp3) is 0.726. The van der Waals surface area contributed by atoms with Gasteiger partial charge in [-0.1, -0.05) is 70.0 Å². The highest BCUT2D eigenvalue weighted by molar-refractivity contribution is 14.1. The van der Waals surface area contributed by atoms with Gasteiger partial charge in [0, 0.05) is 67.8 Å². The molecule has 4 saturated heterocycles. The quantitative estimate of drug-likeness (QED) is 0.0171. The number of nitrogens with one attached hydrogen (secondary N) is 2. The molecular weight excluding hydrogens is 1330 g/mol. The molecule has 3 unspecified atom stereocenters. The summed E-state index contributed by atoms with van der Waals surface area (Å²) in [6, 6.07) is -1.20. The molecule has 8 rings (SSSR count). The van der Waals surface area contributed by atoms with E-state index >= 15 is 0 Å². The van der Waals surface area contributed by atoms with Crippen molar-refractivity contribution >= 4 is 72.6 Å². The van der Waals surface area contributed by atoms with Gasteiger partial charge in [-0.15, -0.1) is 0 Å². The van der Waals surface area contributed by atoms with E-state index < -0.39 is 125 Å². The summed E-state index contributed by atoms with van der Waals surface area (Å²) in [5.41, 5.74) is 7.29. The van der Waals surface area contributed by atoms with Gasteiger partial charge in [0.2, 0.25) is 17.2 Å². The lowest BCUT2D eigenvalue weighted by atomic mass is 9.44. The molecule has 0 amide bonds. The normalized spacial score (nSPS) is 38.9. The van der Waals surface area contributed by atoms with E-state index in [0.717, 1.165) is 18.2 Å². The predicted molar refractivity (Wildman–Crippen MR) is 341 cm³/mol. The summed E-state index contributed by atoms with van der Waals surface area (Å²) in [5, 5.41) is 61.2. The van der Waals surface area contributed by atoms with Crippen molar-refractivity contribution in [3.05, 3.63) is 38.0 Å². The zero-order valence-corrected chi connectivity index (χ0v) is 57.2. The van der Waals surface area contributed by atoms with Crippen molar-refractivity contribution in [2.45, 2.75) is 214 Å². The van der Waals surface area contributed by atoms with E-state index in [4.69, 9.17) is 62.7 Å². The summed E-state index contributed by atoms with van der Waals surface area (Å²) in [4.78, 5) is 48.0. The lowest BCUT2D eigenvalue weighted by Gasteiger charge is -2.60. The number of allylic oxidation sites excluding steroid dienone is 2. The molecule has 22 atom stereocenters. The molecule has 0 bridgehead atoms. The molecule has 0 radical (unpaired) electrons. The third kappa shape index (κ3) is 15.1. The lowest BCUT2D eigenvalue weighted by molar-refractivity contribution is -0.342. The number of hydrogen-bond acceptors (Lipinski definition) is 26. The van der Waals surface area contributed by atoms with E-state index in [1.54, 1.807) is 69.4 Å². The van der Waals surface area contributed by atoms with Gasteiger partial charge in [0.1, 0.15) is 53.8 Å². The number of methoxy groups -OCH3 is 4. The maximum absolute atomic E-state index is 14.5. The number of carbonyl (C=O) groups is 3. The van der Waals surface area contributed by atoms with Gasteiger partial charge in [0.05, 0.1) is 83.2 Å². The van der Waals surface area contributed by atoms with Crippen molar-refractivity contribution in [2.75, 3.05) is 53.9 Å². The molecule has 1 aromatic carbocycles. The second kappa shape index (κ2) is 30.8. The predicted octanol–water partition coefficient (Wildman–Crippen LogP) is 4.04. The number of benzene rings is 1. The average Bonchev–Trinajstić information content (AvgIpc) is 1.57. The van der Waals surface area contributed by atoms with Crippen LogP contribution >= 0.6 is 55.9 Å². The van der Waals surface area contributed by atoms with Crippen molar-refractivity contribution in [1.82, 2.24) is 10.8 Å². The standard InChI is InChI=1S/C62H88IN3O20S3/c1-14-65-37-28-79-42(26-41(37)75-10)84-54-49(71)47(32(5)81-59(54)83-40-17-15-16-29(2)18-20-61-36(24-30(3)67)39(69)27-62(61,74)35(45(40)61)19-23-87-89-60(8,9)21-22-64)66-86-43-25-38(68)56(34(7)80-43)88-57(73)44-31(4)46(63)52(55(78-13)51(44)76-11)85-58-50(72)53(77-12)48(70)33(6)82-58/h16,19,32-34,36-38,40-43,45,47-50,53-54,56,58-59,65-66,68,70-72,74H,14,21-28,64H2,1-13H3/b29-16-,35-19+/t32-,33+,34-,36?,37+,38+,40+,41+,42+,43+,45?,47-,48+,49+,50-,53-,54-,56-,58+,59+,61?,62+/m1/s1. The van der Waals surface area contributed by atoms with Gasteiger partial charge in [-0.2, -0.15) is 5.48 Å². The highest BCUT2D eigenvalue weighted by Gasteiger charge is 2.78. The Labute approximate surface area is 547 Å². The number of aliphatic hydroxyl groups is 5. The molecule has 2 saturated carbocycles. The van der Waals surface area contributed by atoms with Crippen LogP contribution in [-0.4, -0.2) is 216 Å². The molecule has 4 heterocycles. The summed E-state index contributed by atoms with van der Waals surface area (Å²) in [7, 11) is 8.95. The topological polar surface area (TPSA) is 313 Å². The smallest absolute Gasteiger partial charge is 0.229 e. The number of carbonyl (C=O) groups excluding carboxylic acids is 3. The van der Waals surface area contributed by atoms with Gasteiger partial charge in [-0.05, 0) is 115 Å². The van der Waals surface area contributed by atoms with E-state index in [2.05, 4.69) is 48.3 Å². The van der Waals surface area contributed by atoms with Crippen molar-refractivity contribution in [3.63, 3.8) is 0 Å². The maximum Gasteiger partial charge on any atom is 0.229 e. The highest BCUT2D eigenvalue weighted by atomic mass is 127. The van der Waals surface area contributed by atoms with E-state index in [-0.39, 0.29) is 83.6 Å². The Balaban J connectivity index is 1.03. The van der Waals surface area contributed by atoms with Gasteiger partial charge >= 0.3 is 0 Å². The van der Waals surface area contributed by atoms with Crippen molar-refractivity contribution in [2.24, 2.45) is 23.0 Å². The molecule has 1 aromatic rings. The molecular formula is C62H88IN3O20S3. The fourth-order valence-electron chi connectivity index (χ4n) is 13.1. The summed E-state index contributed by atoms with van der Waals surface area (Å²) in [6.07, 6.45) is -12.1. The maximum atomic E-state index is 14.5. The first kappa shape index (κ1) is 72.2. The zero-order chi connectivity index (χ0) is 65.0. The molecule has 6 fully saturated rings. The number of aliphatic hydroxyl groups excluding tert-OH is 4. The Morgan fingerprint density at radius 3 is 2.29 bits per heavy atom. The first-order chi connectivity index (χ1) is 42.2. The molecule has 7 aliphatic rings. The van der Waals surface area contributed by atoms with Gasteiger partial charge in [0.15, 0.2) is 30.4 Å². The Hall–Kier alpha value is -2.67. The number of rotatable bonds is 25. The minimum absolute atomic E-state index is 0.0365. The minimum Gasteiger partial charge on any atom is -0.492 e. The molecule has 89 heavy (non-hydrogen) atoms. The number of ketones is 2. The van der Waals surface area contributed by atoms with Gasteiger partial charge in [-0.3, -0.25) is 14.4 Å². The molecule has 23 nitrogen and oxygen atoms in total. The van der Waals surface area contributed by atoms with Crippen LogP contribution in [0.2, 0.25) is 0 Å². The van der Waals surface area contributed by atoms with Crippen LogP contribution in [-0.2, 0) is 52.3 Å². The second-order valence-corrected chi connectivity index (χ2v) is 29.5. The van der Waals surface area contributed by atoms with Gasteiger partial charge in [-0.25, -0.2) is 0 Å². The number of hydrogen-bond donors (Lipinski definition) is 8. The molecule has 3 aliphatic carbocycles. The van der Waals surface area contributed by atoms with Crippen LogP contribution < -0.4 is 30.7 Å². The second-order valence-electron chi connectivity index (χ2n) is 24.2. The Bertz CT molecular complexity index is 2890. The largest absolute Gasteiger partial charge is 0.492 e. The van der Waals surface area contributed by atoms with E-state index in [1.807, 2.05) is 35.6 Å². The molecule has 27 heteroatoms. The first-order valence-electron chi connectivity index (χ1n) is 30.0. The minimum atomic E-state index is -1.76. The average molecular weight is 1420 g/mol. The Morgan fingerprint density at radius 1 is 0.921 bits per heavy atom. The summed E-state index contributed by atoms with van der Waals surface area (Å²) in [6.45, 7) is 17.5. The fourth-order valence-corrected chi connectivity index (χ4v) is 17.3. The van der Waals surface area contributed by atoms with Gasteiger partial charge in [0.25, 0.3) is 0 Å². The number of halogens is 1. The molecule has 1 spiro atoms. The molecule has 9 N–H and O–H groups in total. The van der Waals surface area contributed by atoms with Crippen molar-refractivity contribution in [1.29, 1.82) is 0 Å². The highest BCUT2D eigenvalue weighted by Crippen LogP contribution is 2.70. The monoisotopic (exact) mass is 1420 g/mol. The Kier molecular flexibility index (Phi) is 25.0. The zero-order valence-electron chi connectivity index (χ0n) is 52.6. The van der Waals surface area contributed by atoms with E-state index in [0.29, 0.717) is 39.1 Å². The summed E-state index contributed by atoms with van der Waals surface area (Å²) in [5.74, 6) is 11.1. The SMILES string of the molecule is CCN[C@H]1CO[C@@H](O[C@H]2[C@H](O[C@H]3C#C/C=C(/C)C#CC45C(CC(C)=O)C(=O)C[C@]4(O)/C(=C/CSSC(C)(C)CCN)C35)O[C@H](C)[C@@H](NO[C@H]3C[C@H](O)[C@H](SC(=O)c4c(C)c(I)c(O[C@@H]5O[C@@H](C)[C@H](O)[C@@H](OC)[C@H]5O)c(OC)c4OC)[C@@H](C)O3)[C@@H]2O)C[C@@H]1OC. The van der Waals surface area contributed by atoms with Crippen LogP contribution in [0.25, 0.3) is 0 Å². The van der Waals surface area contributed by atoms with Crippen LogP contribution in [0.3, 0.4) is 0 Å². The molecule has 4 aliphatic heterocycles. The number of nitrogens with two attached hydrogens (primary N) is 1. The first-order valence-corrected chi connectivity index (χ1v) is 34.3. The summed E-state index contributed by atoms with van der Waals surface area (Å²) < 4.78 is 68.3. The van der Waals surface area contributed by atoms with Gasteiger partial charge < -0.3 is 93.5 Å². The van der Waals surface area contributed by atoms with Crippen molar-refractivity contribution < 1.29 is 96.9 Å². The third-order valence-electron chi connectivity index (χ3n) is 17.7. The van der Waals surface area contributed by atoms with Crippen LogP contribution in [0.5, 0.6) is 17.2 Å². The van der Waals surface area contributed by atoms with Crippen LogP contribution in [0, 0.1) is 51.4 Å². The molecule has 0 aromatic heterocycles. The molecule has 496 valence electrons. The number of thioether (sulfide) groups is 1. The van der Waals surface area contributed by atoms with Crippen LogP contribution in [0.15, 0.2) is 23.3 Å². The van der Waals surface area contributed by atoms with Crippen LogP contribution in [0.1, 0.15) is 103 Å². The number of hydroxylamine groups is 1. The lowest BCUT2D eigenvalue weighted by Crippen LogP contribution is -2.69. The van der Waals surface area contributed by atoms with Crippen LogP contribution in [0.4, 0.5) is 0 Å². The third-order valence-corrected chi connectivity index (χ3v) is 23.6. The van der Waals surface area contributed by atoms with E-state index in [1.165, 1.54) is 28.3 Å². The van der Waals surface area contributed by atoms with E-state index in [9.17, 15) is 39.9 Å². The number of likely N-dealkylation sites (N-methyl/N-ethyl adjacent to an activating group) is 1. The Morgan fingerprint density at radius 2 is 1.64 bits per heavy atom. The summed E-state index contributed by atoms with van der Waals surface area (Å²) >= 11 is 2.85. The van der Waals surface area contributed by atoms with Crippen molar-refractivity contribution in [3.8, 4) is 40.9 Å².